The number of rotatable bonds is 3. The van der Waals surface area contributed by atoms with Crippen LogP contribution in [-0.4, -0.2) is 54.8 Å². The molecule has 0 N–H and O–H groups in total. The summed E-state index contributed by atoms with van der Waals surface area (Å²) in [6.07, 6.45) is 3.52. The van der Waals surface area contributed by atoms with Crippen molar-refractivity contribution in [2.45, 2.75) is 37.1 Å². The van der Waals surface area contributed by atoms with Crippen molar-refractivity contribution >= 4 is 17.4 Å². The molecule has 3 fully saturated rings. The van der Waals surface area contributed by atoms with Gasteiger partial charge in [-0.05, 0) is 31.4 Å². The lowest BCUT2D eigenvalue weighted by molar-refractivity contribution is 0.0348. The molecule has 0 radical (unpaired) electrons. The van der Waals surface area contributed by atoms with Gasteiger partial charge in [0.2, 0.25) is 0 Å². The van der Waals surface area contributed by atoms with Crippen molar-refractivity contribution < 1.29 is 9.13 Å². The van der Waals surface area contributed by atoms with Crippen molar-refractivity contribution in [3.63, 3.8) is 0 Å². The zero-order valence-electron chi connectivity index (χ0n) is 13.5. The Morgan fingerprint density at radius 3 is 2.96 bits per heavy atom. The third-order valence-corrected chi connectivity index (χ3v) is 6.65. The molecule has 0 amide bonds. The molecule has 0 saturated carbocycles. The summed E-state index contributed by atoms with van der Waals surface area (Å²) in [6, 6.07) is 6.11. The van der Waals surface area contributed by atoms with E-state index in [4.69, 9.17) is 4.74 Å². The second kappa shape index (κ2) is 6.99. The van der Waals surface area contributed by atoms with Crippen molar-refractivity contribution in [3.8, 4) is 0 Å². The summed E-state index contributed by atoms with van der Waals surface area (Å²) in [4.78, 5) is 4.86. The highest BCUT2D eigenvalue weighted by Crippen LogP contribution is 2.34. The summed E-state index contributed by atoms with van der Waals surface area (Å²) >= 11 is 2.02. The van der Waals surface area contributed by atoms with Crippen molar-refractivity contribution in [1.82, 2.24) is 4.90 Å². The van der Waals surface area contributed by atoms with E-state index in [1.165, 1.54) is 12.8 Å². The molecule has 3 aliphatic heterocycles. The first kappa shape index (κ1) is 15.7. The third kappa shape index (κ3) is 3.24. The monoisotopic (exact) mass is 336 g/mol. The van der Waals surface area contributed by atoms with E-state index in [-0.39, 0.29) is 5.82 Å². The molecular formula is C18H25FN2OS. The standard InChI is InChI=1S/C18H25FN2OS/c19-15-4-3-5-16(20-7-1-2-8-20)14(15)12-21-9-11-23-18-13-22-10-6-17(18)21/h3-5,17-18H,1-2,6-13H2/t17-,18-/m1/s1. The number of fused-ring (bicyclic) bond motifs is 1. The van der Waals surface area contributed by atoms with Crippen LogP contribution < -0.4 is 4.90 Å². The molecule has 23 heavy (non-hydrogen) atoms. The van der Waals surface area contributed by atoms with E-state index in [1.54, 1.807) is 6.07 Å². The minimum Gasteiger partial charge on any atom is -0.380 e. The molecule has 126 valence electrons. The van der Waals surface area contributed by atoms with Gasteiger partial charge < -0.3 is 9.64 Å². The molecule has 3 heterocycles. The SMILES string of the molecule is Fc1cccc(N2CCCC2)c1CN1CCS[C@@H]2COCC[C@H]21. The maximum Gasteiger partial charge on any atom is 0.129 e. The molecule has 0 spiro atoms. The van der Waals surface area contributed by atoms with Crippen LogP contribution in [0.3, 0.4) is 0 Å². The number of hydrogen-bond acceptors (Lipinski definition) is 4. The molecule has 0 bridgehead atoms. The number of halogens is 1. The Morgan fingerprint density at radius 2 is 2.09 bits per heavy atom. The van der Waals surface area contributed by atoms with E-state index in [2.05, 4.69) is 15.9 Å². The molecule has 3 saturated heterocycles. The van der Waals surface area contributed by atoms with Gasteiger partial charge in [0.05, 0.1) is 6.61 Å². The zero-order valence-corrected chi connectivity index (χ0v) is 14.4. The van der Waals surface area contributed by atoms with E-state index in [0.717, 1.165) is 62.8 Å². The predicted octanol–water partition coefficient (Wildman–Crippen LogP) is 3.13. The Bertz CT molecular complexity index is 548. The first-order chi connectivity index (χ1) is 11.3. The largest absolute Gasteiger partial charge is 0.380 e. The van der Waals surface area contributed by atoms with Crippen molar-refractivity contribution in [2.75, 3.05) is 43.5 Å². The van der Waals surface area contributed by atoms with Gasteiger partial charge in [-0.15, -0.1) is 0 Å². The second-order valence-electron chi connectivity index (χ2n) is 6.74. The van der Waals surface area contributed by atoms with Gasteiger partial charge in [-0.1, -0.05) is 6.07 Å². The Labute approximate surface area is 142 Å². The molecule has 0 unspecified atom stereocenters. The van der Waals surface area contributed by atoms with Crippen molar-refractivity contribution in [2.24, 2.45) is 0 Å². The summed E-state index contributed by atoms with van der Waals surface area (Å²) in [6.45, 7) is 5.61. The van der Waals surface area contributed by atoms with Gasteiger partial charge in [-0.25, -0.2) is 4.39 Å². The molecule has 1 aromatic rings. The average molecular weight is 336 g/mol. The highest BCUT2D eigenvalue weighted by molar-refractivity contribution is 8.00. The Morgan fingerprint density at radius 1 is 1.22 bits per heavy atom. The van der Waals surface area contributed by atoms with Crippen LogP contribution in [0.25, 0.3) is 0 Å². The maximum atomic E-state index is 14.6. The fourth-order valence-electron chi connectivity index (χ4n) is 4.12. The normalized spacial score (nSPS) is 28.8. The Hall–Kier alpha value is -0.780. The van der Waals surface area contributed by atoms with Crippen molar-refractivity contribution in [3.05, 3.63) is 29.6 Å². The van der Waals surface area contributed by atoms with E-state index in [0.29, 0.717) is 11.3 Å². The van der Waals surface area contributed by atoms with Crippen LogP contribution in [0.4, 0.5) is 10.1 Å². The smallest absolute Gasteiger partial charge is 0.129 e. The van der Waals surface area contributed by atoms with Gasteiger partial charge in [0.25, 0.3) is 0 Å². The first-order valence-electron chi connectivity index (χ1n) is 8.78. The summed E-state index contributed by atoms with van der Waals surface area (Å²) in [5.41, 5.74) is 2.01. The number of hydrogen-bond donors (Lipinski definition) is 0. The van der Waals surface area contributed by atoms with Gasteiger partial charge in [0.1, 0.15) is 5.82 Å². The van der Waals surface area contributed by atoms with E-state index < -0.39 is 0 Å². The highest BCUT2D eigenvalue weighted by Gasteiger charge is 2.35. The minimum absolute atomic E-state index is 0.0452. The third-order valence-electron chi connectivity index (χ3n) is 5.35. The average Bonchev–Trinajstić information content (AvgIpc) is 3.11. The molecule has 1 aromatic carbocycles. The quantitative estimate of drug-likeness (QED) is 0.842. The molecule has 4 rings (SSSR count). The number of nitrogens with zero attached hydrogens (tertiary/aromatic N) is 2. The Balaban J connectivity index is 1.57. The summed E-state index contributed by atoms with van der Waals surface area (Å²) in [7, 11) is 0. The van der Waals surface area contributed by atoms with Crippen molar-refractivity contribution in [1.29, 1.82) is 0 Å². The van der Waals surface area contributed by atoms with Crippen LogP contribution in [0.1, 0.15) is 24.8 Å². The lowest BCUT2D eigenvalue weighted by Gasteiger charge is -2.43. The molecule has 0 aromatic heterocycles. The van der Waals surface area contributed by atoms with Gasteiger partial charge in [-0.2, -0.15) is 11.8 Å². The van der Waals surface area contributed by atoms with Crippen LogP contribution >= 0.6 is 11.8 Å². The van der Waals surface area contributed by atoms with Crippen LogP contribution in [0.5, 0.6) is 0 Å². The fraction of sp³-hybridized carbons (Fsp3) is 0.667. The molecule has 3 aliphatic rings. The van der Waals surface area contributed by atoms with Crippen LogP contribution in [0.2, 0.25) is 0 Å². The van der Waals surface area contributed by atoms with Gasteiger partial charge >= 0.3 is 0 Å². The number of benzene rings is 1. The van der Waals surface area contributed by atoms with Crippen LogP contribution in [0, 0.1) is 5.82 Å². The van der Waals surface area contributed by atoms with E-state index in [1.807, 2.05) is 17.8 Å². The fourth-order valence-corrected chi connectivity index (χ4v) is 5.49. The Kier molecular flexibility index (Phi) is 4.78. The molecule has 0 aliphatic carbocycles. The predicted molar refractivity (Wildman–Crippen MR) is 93.7 cm³/mol. The number of anilines is 1. The summed E-state index contributed by atoms with van der Waals surface area (Å²) < 4.78 is 20.2. The van der Waals surface area contributed by atoms with E-state index >= 15 is 0 Å². The summed E-state index contributed by atoms with van der Waals surface area (Å²) in [5.74, 6) is 1.08. The zero-order chi connectivity index (χ0) is 15.6. The van der Waals surface area contributed by atoms with Crippen LogP contribution in [0.15, 0.2) is 18.2 Å². The second-order valence-corrected chi connectivity index (χ2v) is 8.09. The lowest BCUT2D eigenvalue weighted by atomic mass is 10.0. The maximum absolute atomic E-state index is 14.6. The van der Waals surface area contributed by atoms with Gasteiger partial charge in [0, 0.05) is 61.1 Å². The van der Waals surface area contributed by atoms with Gasteiger partial charge in [-0.3, -0.25) is 4.90 Å². The highest BCUT2D eigenvalue weighted by atomic mass is 32.2. The van der Waals surface area contributed by atoms with E-state index in [9.17, 15) is 4.39 Å². The molecule has 5 heteroatoms. The van der Waals surface area contributed by atoms with Crippen LogP contribution in [-0.2, 0) is 11.3 Å². The number of thioether (sulfide) groups is 1. The first-order valence-corrected chi connectivity index (χ1v) is 9.83. The molecule has 2 atom stereocenters. The van der Waals surface area contributed by atoms with Gasteiger partial charge in [0.15, 0.2) is 0 Å². The molecular weight excluding hydrogens is 311 g/mol. The minimum atomic E-state index is -0.0452. The molecule has 3 nitrogen and oxygen atoms in total. The summed E-state index contributed by atoms with van der Waals surface area (Å²) in [5, 5.41) is 0.555. The lowest BCUT2D eigenvalue weighted by Crippen LogP contribution is -2.51. The number of ether oxygens (including phenoxy) is 1. The topological polar surface area (TPSA) is 15.7 Å².